The molecule has 5 nitrogen and oxygen atoms in total. The highest BCUT2D eigenvalue weighted by Gasteiger charge is 2.28. The molecule has 0 saturated heterocycles. The van der Waals surface area contributed by atoms with Crippen LogP contribution in [0.4, 0.5) is 0 Å². The van der Waals surface area contributed by atoms with Crippen molar-refractivity contribution in [2.24, 2.45) is 0 Å². The molecule has 5 heteroatoms. The van der Waals surface area contributed by atoms with Gasteiger partial charge in [0, 0.05) is 6.42 Å². The van der Waals surface area contributed by atoms with E-state index in [4.69, 9.17) is 5.11 Å². The Labute approximate surface area is 122 Å². The zero-order valence-corrected chi connectivity index (χ0v) is 11.3. The first kappa shape index (κ1) is 14.7. The number of rotatable bonds is 5. The van der Waals surface area contributed by atoms with Gasteiger partial charge in [0.25, 0.3) is 0 Å². The van der Waals surface area contributed by atoms with Gasteiger partial charge in [-0.1, -0.05) is 36.4 Å². The number of carbonyl (C=O) groups is 3. The van der Waals surface area contributed by atoms with Crippen molar-refractivity contribution in [2.75, 3.05) is 0 Å². The largest absolute Gasteiger partial charge is 0.478 e. The summed E-state index contributed by atoms with van der Waals surface area (Å²) in [6, 6.07) is 8.37. The van der Waals surface area contributed by atoms with Gasteiger partial charge in [-0.05, 0) is 24.1 Å². The molecule has 1 aromatic carbocycles. The Morgan fingerprint density at radius 2 is 1.90 bits per heavy atom. The highest BCUT2D eigenvalue weighted by Crippen LogP contribution is 2.11. The van der Waals surface area contributed by atoms with Gasteiger partial charge in [-0.15, -0.1) is 0 Å². The number of carboxylic acids is 1. The van der Waals surface area contributed by atoms with E-state index in [1.165, 1.54) is 18.2 Å². The predicted molar refractivity (Wildman–Crippen MR) is 76.6 cm³/mol. The minimum absolute atomic E-state index is 0.115. The monoisotopic (exact) mass is 285 g/mol. The molecule has 1 aliphatic carbocycles. The second-order valence-electron chi connectivity index (χ2n) is 4.67. The highest BCUT2D eigenvalue weighted by atomic mass is 16.4. The van der Waals surface area contributed by atoms with Crippen LogP contribution in [-0.4, -0.2) is 28.8 Å². The number of carbonyl (C=O) groups excluding carboxylic acids is 2. The number of benzene rings is 1. The molecular weight excluding hydrogens is 270 g/mol. The first-order chi connectivity index (χ1) is 10.1. The fourth-order valence-corrected chi connectivity index (χ4v) is 2.07. The third kappa shape index (κ3) is 3.89. The summed E-state index contributed by atoms with van der Waals surface area (Å²) in [4.78, 5) is 34.7. The molecule has 0 bridgehead atoms. The van der Waals surface area contributed by atoms with Gasteiger partial charge in [-0.25, -0.2) is 4.79 Å². The Balaban J connectivity index is 1.95. The maximum atomic E-state index is 11.9. The number of hydrogen-bond donors (Lipinski definition) is 2. The summed E-state index contributed by atoms with van der Waals surface area (Å²) < 4.78 is 0. The zero-order valence-electron chi connectivity index (χ0n) is 11.3. The molecule has 2 rings (SSSR count). The van der Waals surface area contributed by atoms with Gasteiger partial charge in [-0.3, -0.25) is 9.59 Å². The van der Waals surface area contributed by atoms with Crippen LogP contribution < -0.4 is 5.32 Å². The van der Waals surface area contributed by atoms with E-state index in [1.54, 1.807) is 0 Å². The molecule has 0 spiro atoms. The van der Waals surface area contributed by atoms with Crippen molar-refractivity contribution in [3.8, 4) is 0 Å². The maximum absolute atomic E-state index is 11.9. The van der Waals surface area contributed by atoms with Crippen molar-refractivity contribution in [3.63, 3.8) is 0 Å². The van der Waals surface area contributed by atoms with Gasteiger partial charge in [0.05, 0.1) is 5.57 Å². The van der Waals surface area contributed by atoms with Crippen LogP contribution in [-0.2, 0) is 20.8 Å². The van der Waals surface area contributed by atoms with Gasteiger partial charge in [0.15, 0.2) is 5.78 Å². The normalized spacial score (nSPS) is 17.2. The number of nitrogens with one attached hydrogen (secondary N) is 1. The second kappa shape index (κ2) is 6.65. The van der Waals surface area contributed by atoms with E-state index in [1.807, 2.05) is 30.3 Å². The zero-order chi connectivity index (χ0) is 15.2. The number of aliphatic carboxylic acids is 1. The molecule has 1 atom stereocenters. The summed E-state index contributed by atoms with van der Waals surface area (Å²) in [5.41, 5.74) is 0.895. The maximum Gasteiger partial charge on any atom is 0.334 e. The van der Waals surface area contributed by atoms with E-state index in [2.05, 4.69) is 5.32 Å². The number of hydrogen-bond acceptors (Lipinski definition) is 3. The minimum atomic E-state index is -1.21. The SMILES string of the molecule is O=C(CCc1ccccc1)NC1C(=O)C=CC=C1C(=O)O. The molecule has 1 aromatic rings. The number of aryl methyl sites for hydroxylation is 1. The first-order valence-electron chi connectivity index (χ1n) is 6.56. The molecule has 1 aliphatic rings. The van der Waals surface area contributed by atoms with Gasteiger partial charge in [0.1, 0.15) is 6.04 Å². The van der Waals surface area contributed by atoms with Crippen molar-refractivity contribution >= 4 is 17.7 Å². The van der Waals surface area contributed by atoms with E-state index >= 15 is 0 Å². The lowest BCUT2D eigenvalue weighted by Gasteiger charge is -2.18. The summed E-state index contributed by atoms with van der Waals surface area (Å²) in [6.07, 6.45) is 4.69. The summed E-state index contributed by atoms with van der Waals surface area (Å²) >= 11 is 0. The molecule has 108 valence electrons. The topological polar surface area (TPSA) is 83.5 Å². The van der Waals surface area contributed by atoms with Crippen molar-refractivity contribution in [1.29, 1.82) is 0 Å². The Bertz CT molecular complexity index is 616. The van der Waals surface area contributed by atoms with E-state index in [0.29, 0.717) is 6.42 Å². The van der Waals surface area contributed by atoms with E-state index in [0.717, 1.165) is 5.56 Å². The quantitative estimate of drug-likeness (QED) is 0.853. The fourth-order valence-electron chi connectivity index (χ4n) is 2.07. The Kier molecular flexibility index (Phi) is 4.66. The van der Waals surface area contributed by atoms with E-state index in [9.17, 15) is 14.4 Å². The number of ketones is 1. The third-order valence-corrected chi connectivity index (χ3v) is 3.17. The average molecular weight is 285 g/mol. The smallest absolute Gasteiger partial charge is 0.334 e. The van der Waals surface area contributed by atoms with Crippen LogP contribution in [0.25, 0.3) is 0 Å². The number of allylic oxidation sites excluding steroid dienone is 2. The number of carboxylic acid groups (broad SMARTS) is 1. The first-order valence-corrected chi connectivity index (χ1v) is 6.56. The van der Waals surface area contributed by atoms with Crippen LogP contribution in [0.2, 0.25) is 0 Å². The van der Waals surface area contributed by atoms with Crippen LogP contribution in [0.1, 0.15) is 12.0 Å². The van der Waals surface area contributed by atoms with Crippen LogP contribution in [0.3, 0.4) is 0 Å². The summed E-state index contributed by atoms with van der Waals surface area (Å²) in [5.74, 6) is -1.98. The molecule has 1 amide bonds. The Morgan fingerprint density at radius 3 is 2.57 bits per heavy atom. The van der Waals surface area contributed by atoms with Gasteiger partial charge in [-0.2, -0.15) is 0 Å². The van der Waals surface area contributed by atoms with Crippen LogP contribution >= 0.6 is 0 Å². The Morgan fingerprint density at radius 1 is 1.19 bits per heavy atom. The van der Waals surface area contributed by atoms with E-state index in [-0.39, 0.29) is 17.9 Å². The molecule has 0 aliphatic heterocycles. The summed E-state index contributed by atoms with van der Waals surface area (Å²) in [5, 5.41) is 11.5. The van der Waals surface area contributed by atoms with Crippen LogP contribution in [0.5, 0.6) is 0 Å². The fraction of sp³-hybridized carbons (Fsp3) is 0.188. The van der Waals surface area contributed by atoms with E-state index < -0.39 is 17.8 Å². The average Bonchev–Trinajstić information content (AvgIpc) is 2.48. The lowest BCUT2D eigenvalue weighted by Crippen LogP contribution is -2.44. The van der Waals surface area contributed by atoms with Gasteiger partial charge in [0.2, 0.25) is 5.91 Å². The molecule has 0 radical (unpaired) electrons. The summed E-state index contributed by atoms with van der Waals surface area (Å²) in [6.45, 7) is 0. The van der Waals surface area contributed by atoms with Crippen molar-refractivity contribution in [2.45, 2.75) is 18.9 Å². The third-order valence-electron chi connectivity index (χ3n) is 3.17. The molecule has 21 heavy (non-hydrogen) atoms. The van der Waals surface area contributed by atoms with Crippen LogP contribution in [0, 0.1) is 0 Å². The second-order valence-corrected chi connectivity index (χ2v) is 4.67. The van der Waals surface area contributed by atoms with Crippen molar-refractivity contribution in [1.82, 2.24) is 5.32 Å². The highest BCUT2D eigenvalue weighted by molar-refractivity contribution is 6.07. The summed E-state index contributed by atoms with van der Waals surface area (Å²) in [7, 11) is 0. The molecule has 0 saturated carbocycles. The lowest BCUT2D eigenvalue weighted by molar-refractivity contribution is -0.134. The minimum Gasteiger partial charge on any atom is -0.478 e. The molecule has 1 unspecified atom stereocenters. The molecule has 0 heterocycles. The Hall–Kier alpha value is -2.69. The lowest BCUT2D eigenvalue weighted by atomic mass is 9.97. The molecular formula is C16H15NO4. The van der Waals surface area contributed by atoms with Crippen LogP contribution in [0.15, 0.2) is 54.1 Å². The number of amides is 1. The van der Waals surface area contributed by atoms with Gasteiger partial charge >= 0.3 is 5.97 Å². The molecule has 0 aromatic heterocycles. The molecule has 0 fully saturated rings. The van der Waals surface area contributed by atoms with Crippen molar-refractivity contribution < 1.29 is 19.5 Å². The standard InChI is InChI=1S/C16H15NO4/c18-13-8-4-7-12(16(20)21)15(13)17-14(19)10-9-11-5-2-1-3-6-11/h1-8,15H,9-10H2,(H,17,19)(H,20,21). The molecule has 2 N–H and O–H groups in total. The predicted octanol–water partition coefficient (Wildman–Crippen LogP) is 1.25. The van der Waals surface area contributed by atoms with Gasteiger partial charge < -0.3 is 10.4 Å². The van der Waals surface area contributed by atoms with Crippen molar-refractivity contribution in [3.05, 3.63) is 59.7 Å².